The van der Waals surface area contributed by atoms with E-state index in [0.29, 0.717) is 5.13 Å². The Balaban J connectivity index is 1.81. The minimum absolute atomic E-state index is 0.0900. The van der Waals surface area contributed by atoms with E-state index < -0.39 is 0 Å². The van der Waals surface area contributed by atoms with Crippen LogP contribution < -0.4 is 19.7 Å². The van der Waals surface area contributed by atoms with E-state index in [1.165, 1.54) is 23.1 Å². The van der Waals surface area contributed by atoms with Gasteiger partial charge in [-0.1, -0.05) is 11.3 Å². The smallest absolute Gasteiger partial charge is 0.223 e. The van der Waals surface area contributed by atoms with Gasteiger partial charge in [0.15, 0.2) is 16.6 Å². The minimum atomic E-state index is -0.0900. The number of carbonyl (C=O) groups excluding carboxylic acids is 1. The second-order valence-corrected chi connectivity index (χ2v) is 6.36. The van der Waals surface area contributed by atoms with Crippen molar-refractivity contribution in [2.24, 2.45) is 0 Å². The van der Waals surface area contributed by atoms with Gasteiger partial charge >= 0.3 is 0 Å². The Kier molecular flexibility index (Phi) is 4.38. The number of nitrogens with one attached hydrogen (secondary N) is 1. The Morgan fingerprint density at radius 1 is 1.30 bits per heavy atom. The van der Waals surface area contributed by atoms with Crippen molar-refractivity contribution in [1.29, 1.82) is 0 Å². The van der Waals surface area contributed by atoms with E-state index in [2.05, 4.69) is 15.2 Å². The number of carbonyl (C=O) groups is 1. The average Bonchev–Trinajstić information content (AvgIpc) is 2.94. The Bertz CT molecular complexity index is 729. The quantitative estimate of drug-likeness (QED) is 0.932. The van der Waals surface area contributed by atoms with Crippen LogP contribution in [0.4, 0.5) is 10.8 Å². The minimum Gasteiger partial charge on any atom is -0.493 e. The number of benzene rings is 1. The van der Waals surface area contributed by atoms with Crippen molar-refractivity contribution in [3.8, 4) is 11.5 Å². The van der Waals surface area contributed by atoms with Gasteiger partial charge in [0.05, 0.1) is 26.5 Å². The number of ether oxygens (including phenoxy) is 2. The largest absolute Gasteiger partial charge is 0.493 e. The molecule has 0 atom stereocenters. The second-order valence-electron chi connectivity index (χ2n) is 5.28. The Morgan fingerprint density at radius 3 is 2.78 bits per heavy atom. The third-order valence-electron chi connectivity index (χ3n) is 3.75. The summed E-state index contributed by atoms with van der Waals surface area (Å²) in [4.78, 5) is 19.1. The summed E-state index contributed by atoms with van der Waals surface area (Å²) >= 11 is 1.54. The molecular weight excluding hydrogens is 314 g/mol. The molecule has 2 heterocycles. The fraction of sp³-hybridized carbons (Fsp3) is 0.375. The average molecular weight is 333 g/mol. The van der Waals surface area contributed by atoms with Crippen LogP contribution in [0.25, 0.3) is 0 Å². The van der Waals surface area contributed by atoms with Crippen molar-refractivity contribution in [1.82, 2.24) is 4.98 Å². The first-order valence-electron chi connectivity index (χ1n) is 7.34. The zero-order chi connectivity index (χ0) is 16.4. The fourth-order valence-corrected chi connectivity index (χ4v) is 3.71. The van der Waals surface area contributed by atoms with Crippen molar-refractivity contribution in [2.45, 2.75) is 19.9 Å². The molecule has 0 fully saturated rings. The molecule has 0 saturated carbocycles. The van der Waals surface area contributed by atoms with Gasteiger partial charge < -0.3 is 19.7 Å². The third-order valence-corrected chi connectivity index (χ3v) is 4.74. The highest BCUT2D eigenvalue weighted by Crippen LogP contribution is 2.35. The Hall–Kier alpha value is -2.28. The van der Waals surface area contributed by atoms with Gasteiger partial charge in [0, 0.05) is 36.5 Å². The van der Waals surface area contributed by atoms with Crippen LogP contribution in [-0.4, -0.2) is 31.7 Å². The normalized spacial score (nSPS) is 13.4. The lowest BCUT2D eigenvalue weighted by molar-refractivity contribution is -0.114. The van der Waals surface area contributed by atoms with E-state index >= 15 is 0 Å². The standard InChI is InChI=1S/C16H19N3O3S/c1-10(20)17-16-18-12-6-7-19(9-15(12)23-16)11-4-5-13(21-2)14(8-11)22-3/h4-5,8H,6-7,9H2,1-3H3,(H,17,18,20). The molecule has 0 spiro atoms. The summed E-state index contributed by atoms with van der Waals surface area (Å²) in [6.07, 6.45) is 0.861. The molecule has 122 valence electrons. The van der Waals surface area contributed by atoms with E-state index in [4.69, 9.17) is 9.47 Å². The zero-order valence-corrected chi connectivity index (χ0v) is 14.2. The van der Waals surface area contributed by atoms with E-state index in [1.807, 2.05) is 18.2 Å². The van der Waals surface area contributed by atoms with Crippen LogP contribution in [0.5, 0.6) is 11.5 Å². The number of nitrogens with zero attached hydrogens (tertiary/aromatic N) is 2. The van der Waals surface area contributed by atoms with Gasteiger partial charge in [-0.25, -0.2) is 4.98 Å². The van der Waals surface area contributed by atoms with Crippen LogP contribution >= 0.6 is 11.3 Å². The summed E-state index contributed by atoms with van der Waals surface area (Å²) in [7, 11) is 3.27. The number of thiazole rings is 1. The van der Waals surface area contributed by atoms with E-state index in [0.717, 1.165) is 42.4 Å². The van der Waals surface area contributed by atoms with Crippen molar-refractivity contribution in [3.05, 3.63) is 28.8 Å². The first kappa shape index (κ1) is 15.6. The molecule has 1 aromatic heterocycles. The van der Waals surface area contributed by atoms with Gasteiger partial charge in [-0.05, 0) is 12.1 Å². The first-order valence-corrected chi connectivity index (χ1v) is 8.15. The maximum absolute atomic E-state index is 11.2. The fourth-order valence-electron chi connectivity index (χ4n) is 2.64. The maximum Gasteiger partial charge on any atom is 0.223 e. The van der Waals surface area contributed by atoms with Crippen LogP contribution in [0.1, 0.15) is 17.5 Å². The van der Waals surface area contributed by atoms with Gasteiger partial charge in [-0.2, -0.15) is 0 Å². The van der Waals surface area contributed by atoms with Crippen LogP contribution in [0.3, 0.4) is 0 Å². The summed E-state index contributed by atoms with van der Waals surface area (Å²) in [5.74, 6) is 1.35. The lowest BCUT2D eigenvalue weighted by Crippen LogP contribution is -2.29. The molecule has 7 heteroatoms. The molecule has 23 heavy (non-hydrogen) atoms. The number of anilines is 2. The van der Waals surface area contributed by atoms with E-state index in [9.17, 15) is 4.79 Å². The molecule has 1 amide bonds. The van der Waals surface area contributed by atoms with Gasteiger partial charge in [0.1, 0.15) is 0 Å². The number of methoxy groups -OCH3 is 2. The van der Waals surface area contributed by atoms with Gasteiger partial charge in [-0.3, -0.25) is 4.79 Å². The second kappa shape index (κ2) is 6.45. The molecule has 1 aromatic carbocycles. The third kappa shape index (κ3) is 3.24. The lowest BCUT2D eigenvalue weighted by Gasteiger charge is -2.28. The molecule has 3 rings (SSSR count). The Morgan fingerprint density at radius 2 is 2.09 bits per heavy atom. The van der Waals surface area contributed by atoms with Crippen molar-refractivity contribution < 1.29 is 14.3 Å². The molecule has 1 aliphatic rings. The van der Waals surface area contributed by atoms with Crippen LogP contribution in [0.2, 0.25) is 0 Å². The van der Waals surface area contributed by atoms with Crippen molar-refractivity contribution >= 4 is 28.1 Å². The highest BCUT2D eigenvalue weighted by molar-refractivity contribution is 7.15. The van der Waals surface area contributed by atoms with Crippen LogP contribution in [0, 0.1) is 0 Å². The molecule has 1 N–H and O–H groups in total. The first-order chi connectivity index (χ1) is 11.1. The van der Waals surface area contributed by atoms with Gasteiger partial charge in [0.2, 0.25) is 5.91 Å². The summed E-state index contributed by atoms with van der Waals surface area (Å²) in [6.45, 7) is 3.16. The molecule has 6 nitrogen and oxygen atoms in total. The number of fused-ring (bicyclic) bond motifs is 1. The highest BCUT2D eigenvalue weighted by Gasteiger charge is 2.22. The van der Waals surface area contributed by atoms with Crippen LogP contribution in [-0.2, 0) is 17.8 Å². The molecule has 0 saturated heterocycles. The molecule has 0 radical (unpaired) electrons. The molecular formula is C16H19N3O3S. The van der Waals surface area contributed by atoms with Crippen molar-refractivity contribution in [3.63, 3.8) is 0 Å². The topological polar surface area (TPSA) is 63.7 Å². The number of hydrogen-bond donors (Lipinski definition) is 1. The van der Waals surface area contributed by atoms with Crippen molar-refractivity contribution in [2.75, 3.05) is 31.0 Å². The van der Waals surface area contributed by atoms with E-state index in [-0.39, 0.29) is 5.91 Å². The summed E-state index contributed by atoms with van der Waals surface area (Å²) in [5, 5.41) is 3.44. The Labute approximate surface area is 139 Å². The maximum atomic E-state index is 11.2. The zero-order valence-electron chi connectivity index (χ0n) is 13.4. The number of amides is 1. The van der Waals surface area contributed by atoms with Gasteiger partial charge in [0.25, 0.3) is 0 Å². The molecule has 0 unspecified atom stereocenters. The summed E-state index contributed by atoms with van der Waals surface area (Å²) in [5.41, 5.74) is 2.17. The SMILES string of the molecule is COc1ccc(N2CCc3nc(NC(C)=O)sc3C2)cc1OC. The molecule has 2 aromatic rings. The summed E-state index contributed by atoms with van der Waals surface area (Å²) < 4.78 is 10.7. The summed E-state index contributed by atoms with van der Waals surface area (Å²) in [6, 6.07) is 5.93. The molecule has 0 bridgehead atoms. The predicted octanol–water partition coefficient (Wildman–Crippen LogP) is 2.68. The van der Waals surface area contributed by atoms with Crippen LogP contribution in [0.15, 0.2) is 18.2 Å². The van der Waals surface area contributed by atoms with Gasteiger partial charge in [-0.15, -0.1) is 0 Å². The molecule has 1 aliphatic heterocycles. The molecule has 0 aliphatic carbocycles. The number of aromatic nitrogens is 1. The van der Waals surface area contributed by atoms with E-state index in [1.54, 1.807) is 14.2 Å². The predicted molar refractivity (Wildman–Crippen MR) is 90.7 cm³/mol. The number of hydrogen-bond acceptors (Lipinski definition) is 6. The lowest BCUT2D eigenvalue weighted by atomic mass is 10.1. The monoisotopic (exact) mass is 333 g/mol. The number of rotatable bonds is 4. The highest BCUT2D eigenvalue weighted by atomic mass is 32.1.